The Morgan fingerprint density at radius 1 is 1.07 bits per heavy atom. The lowest BCUT2D eigenvalue weighted by molar-refractivity contribution is 0.0703. The van der Waals surface area contributed by atoms with Gasteiger partial charge in [-0.05, 0) is 18.1 Å². The summed E-state index contributed by atoms with van der Waals surface area (Å²) in [6.45, 7) is 4.26. The lowest BCUT2D eigenvalue weighted by atomic mass is 9.99. The summed E-state index contributed by atoms with van der Waals surface area (Å²) in [6.07, 6.45) is 1.76. The van der Waals surface area contributed by atoms with Crippen molar-refractivity contribution in [2.75, 3.05) is 19.6 Å². The first-order chi connectivity index (χ1) is 13.2. The van der Waals surface area contributed by atoms with Gasteiger partial charge in [-0.1, -0.05) is 65.9 Å². The van der Waals surface area contributed by atoms with Gasteiger partial charge in [-0.15, -0.1) is 5.10 Å². The average Bonchev–Trinajstić information content (AvgIpc) is 3.19. The Hall–Kier alpha value is -2.99. The molecule has 0 radical (unpaired) electrons. The number of carbonyl (C=O) groups is 1. The molecule has 1 N–H and O–H groups in total. The first kappa shape index (κ1) is 17.4. The maximum Gasteiger partial charge on any atom is 0.276 e. The van der Waals surface area contributed by atoms with Crippen molar-refractivity contribution in [3.8, 4) is 0 Å². The van der Waals surface area contributed by atoms with Crippen molar-refractivity contribution in [1.82, 2.24) is 25.2 Å². The zero-order valence-corrected chi connectivity index (χ0v) is 15.3. The number of rotatable bonds is 4. The summed E-state index contributed by atoms with van der Waals surface area (Å²) >= 11 is 0. The standard InChI is InChI=1S/C21H23N5O/c1-16-14-25(13-12-22-16)21(27)19-15-26(24-23-19)20(17-8-4-2-5-9-17)18-10-6-3-7-11-18/h2-11,15-16,20,22H,12-14H2,1H3/t16-/m1/s1. The number of benzene rings is 2. The van der Waals surface area contributed by atoms with E-state index in [0.717, 1.165) is 17.7 Å². The van der Waals surface area contributed by atoms with Crippen molar-refractivity contribution in [1.29, 1.82) is 0 Å². The lowest BCUT2D eigenvalue weighted by Crippen LogP contribution is -2.51. The van der Waals surface area contributed by atoms with Gasteiger partial charge in [0.25, 0.3) is 5.91 Å². The highest BCUT2D eigenvalue weighted by Crippen LogP contribution is 2.26. The number of amides is 1. The third kappa shape index (κ3) is 3.75. The maximum absolute atomic E-state index is 12.8. The second kappa shape index (κ2) is 7.72. The summed E-state index contributed by atoms with van der Waals surface area (Å²) in [6, 6.07) is 20.5. The van der Waals surface area contributed by atoms with Crippen LogP contribution in [0.25, 0.3) is 0 Å². The highest BCUT2D eigenvalue weighted by Gasteiger charge is 2.25. The van der Waals surface area contributed by atoms with Crippen molar-refractivity contribution < 1.29 is 4.79 Å². The van der Waals surface area contributed by atoms with Crippen LogP contribution in [0, 0.1) is 0 Å². The molecular weight excluding hydrogens is 338 g/mol. The largest absolute Gasteiger partial charge is 0.334 e. The molecule has 1 amide bonds. The quantitative estimate of drug-likeness (QED) is 0.775. The minimum Gasteiger partial charge on any atom is -0.334 e. The fourth-order valence-corrected chi connectivity index (χ4v) is 3.55. The average molecular weight is 361 g/mol. The fraction of sp³-hybridized carbons (Fsp3) is 0.286. The van der Waals surface area contributed by atoms with Gasteiger partial charge in [0.15, 0.2) is 5.69 Å². The van der Waals surface area contributed by atoms with Gasteiger partial charge >= 0.3 is 0 Å². The van der Waals surface area contributed by atoms with Gasteiger partial charge in [0.1, 0.15) is 6.04 Å². The van der Waals surface area contributed by atoms with E-state index in [0.29, 0.717) is 24.8 Å². The van der Waals surface area contributed by atoms with Crippen LogP contribution < -0.4 is 5.32 Å². The number of aromatic nitrogens is 3. The Kier molecular flexibility index (Phi) is 4.98. The Bertz CT molecular complexity index is 854. The van der Waals surface area contributed by atoms with E-state index in [1.165, 1.54) is 0 Å². The number of hydrogen-bond acceptors (Lipinski definition) is 4. The smallest absolute Gasteiger partial charge is 0.276 e. The molecule has 0 unspecified atom stereocenters. The molecule has 2 aromatic carbocycles. The van der Waals surface area contributed by atoms with Crippen molar-refractivity contribution in [2.24, 2.45) is 0 Å². The third-order valence-corrected chi connectivity index (χ3v) is 4.88. The summed E-state index contributed by atoms with van der Waals surface area (Å²) in [5.41, 5.74) is 2.59. The van der Waals surface area contributed by atoms with E-state index in [1.807, 2.05) is 41.3 Å². The second-order valence-corrected chi connectivity index (χ2v) is 6.91. The molecule has 1 aliphatic heterocycles. The van der Waals surface area contributed by atoms with Crippen molar-refractivity contribution in [3.63, 3.8) is 0 Å². The SMILES string of the molecule is C[C@@H]1CN(C(=O)c2cn(C(c3ccccc3)c3ccccc3)nn2)CCN1. The molecular formula is C21H23N5O. The summed E-state index contributed by atoms with van der Waals surface area (Å²) in [4.78, 5) is 14.7. The normalized spacial score (nSPS) is 17.3. The van der Waals surface area contributed by atoms with Crippen LogP contribution in [0.15, 0.2) is 66.9 Å². The second-order valence-electron chi connectivity index (χ2n) is 6.91. The zero-order chi connectivity index (χ0) is 18.6. The molecule has 1 atom stereocenters. The van der Waals surface area contributed by atoms with E-state index < -0.39 is 0 Å². The van der Waals surface area contributed by atoms with E-state index in [2.05, 4.69) is 46.8 Å². The molecule has 27 heavy (non-hydrogen) atoms. The number of nitrogens with one attached hydrogen (secondary N) is 1. The predicted molar refractivity (Wildman–Crippen MR) is 104 cm³/mol. The fourth-order valence-electron chi connectivity index (χ4n) is 3.55. The molecule has 1 saturated heterocycles. The van der Waals surface area contributed by atoms with Crippen LogP contribution in [0.1, 0.15) is 34.6 Å². The van der Waals surface area contributed by atoms with Crippen molar-refractivity contribution in [3.05, 3.63) is 83.7 Å². The van der Waals surface area contributed by atoms with Crippen LogP contribution >= 0.6 is 0 Å². The topological polar surface area (TPSA) is 63.1 Å². The molecule has 4 rings (SSSR count). The van der Waals surface area contributed by atoms with E-state index in [-0.39, 0.29) is 11.9 Å². The Morgan fingerprint density at radius 3 is 2.30 bits per heavy atom. The van der Waals surface area contributed by atoms with E-state index in [1.54, 1.807) is 10.9 Å². The summed E-state index contributed by atoms with van der Waals surface area (Å²) in [7, 11) is 0. The number of piperazine rings is 1. The summed E-state index contributed by atoms with van der Waals surface area (Å²) in [5, 5.41) is 11.8. The van der Waals surface area contributed by atoms with Gasteiger partial charge in [-0.2, -0.15) is 0 Å². The van der Waals surface area contributed by atoms with Crippen LogP contribution in [0.2, 0.25) is 0 Å². The van der Waals surface area contributed by atoms with Gasteiger partial charge in [0.05, 0.1) is 6.20 Å². The van der Waals surface area contributed by atoms with Gasteiger partial charge in [0, 0.05) is 25.7 Å². The van der Waals surface area contributed by atoms with E-state index in [9.17, 15) is 4.79 Å². The molecule has 0 bridgehead atoms. The van der Waals surface area contributed by atoms with Crippen LogP contribution in [0.3, 0.4) is 0 Å². The molecule has 6 heteroatoms. The Balaban J connectivity index is 1.65. The maximum atomic E-state index is 12.8. The molecule has 0 aliphatic carbocycles. The Morgan fingerprint density at radius 2 is 1.70 bits per heavy atom. The minimum absolute atomic E-state index is 0.0607. The van der Waals surface area contributed by atoms with Gasteiger partial charge in [-0.3, -0.25) is 4.79 Å². The highest BCUT2D eigenvalue weighted by atomic mass is 16.2. The number of carbonyl (C=O) groups excluding carboxylic acids is 1. The van der Waals surface area contributed by atoms with E-state index in [4.69, 9.17) is 0 Å². The van der Waals surface area contributed by atoms with Crippen LogP contribution in [-0.4, -0.2) is 51.5 Å². The Labute approximate surface area is 158 Å². The molecule has 1 aromatic heterocycles. The first-order valence-corrected chi connectivity index (χ1v) is 9.27. The first-order valence-electron chi connectivity index (χ1n) is 9.27. The highest BCUT2D eigenvalue weighted by molar-refractivity contribution is 5.92. The molecule has 6 nitrogen and oxygen atoms in total. The summed E-state index contributed by atoms with van der Waals surface area (Å²) < 4.78 is 1.78. The molecule has 138 valence electrons. The van der Waals surface area contributed by atoms with Gasteiger partial charge in [-0.25, -0.2) is 4.68 Å². The molecule has 3 aromatic rings. The molecule has 1 aliphatic rings. The lowest BCUT2D eigenvalue weighted by Gasteiger charge is -2.31. The number of nitrogens with zero attached hydrogens (tertiary/aromatic N) is 4. The summed E-state index contributed by atoms with van der Waals surface area (Å²) in [5.74, 6) is -0.0607. The van der Waals surface area contributed by atoms with Crippen molar-refractivity contribution >= 4 is 5.91 Å². The molecule has 0 spiro atoms. The van der Waals surface area contributed by atoms with Crippen molar-refractivity contribution in [2.45, 2.75) is 19.0 Å². The minimum atomic E-state index is -0.122. The van der Waals surface area contributed by atoms with Crippen LogP contribution in [-0.2, 0) is 0 Å². The molecule has 0 saturated carbocycles. The van der Waals surface area contributed by atoms with Crippen LogP contribution in [0.4, 0.5) is 0 Å². The zero-order valence-electron chi connectivity index (χ0n) is 15.3. The van der Waals surface area contributed by atoms with E-state index >= 15 is 0 Å². The predicted octanol–water partition coefficient (Wildman–Crippen LogP) is 2.35. The molecule has 1 fully saturated rings. The third-order valence-electron chi connectivity index (χ3n) is 4.88. The van der Waals surface area contributed by atoms with Crippen LogP contribution in [0.5, 0.6) is 0 Å². The van der Waals surface area contributed by atoms with Gasteiger partial charge < -0.3 is 10.2 Å². The van der Waals surface area contributed by atoms with Gasteiger partial charge in [0.2, 0.25) is 0 Å². The number of hydrogen-bond donors (Lipinski definition) is 1. The molecule has 2 heterocycles. The monoisotopic (exact) mass is 361 g/mol.